The molecule has 1 fully saturated rings. The highest BCUT2D eigenvalue weighted by Gasteiger charge is 2.31. The van der Waals surface area contributed by atoms with Crippen LogP contribution < -0.4 is 10.1 Å². The molecule has 0 atom stereocenters. The van der Waals surface area contributed by atoms with Gasteiger partial charge in [-0.15, -0.1) is 0 Å². The zero-order chi connectivity index (χ0) is 21.9. The minimum Gasteiger partial charge on any atom is -0.496 e. The standard InChI is InChI=1S/C20H21F3N2O4S/c1-29-18-9-8-16(30(27,28)25-10-3-2-4-11-25)13-17(18)19(26)24-15-7-5-6-14(12-15)20(21,22)23/h5-9,12-13H,2-4,10-11H2,1H3,(H,24,26). The molecule has 2 aromatic rings. The van der Waals surface area contributed by atoms with Crippen molar-refractivity contribution in [3.63, 3.8) is 0 Å². The second kappa shape index (κ2) is 8.65. The number of anilines is 1. The van der Waals surface area contributed by atoms with E-state index in [-0.39, 0.29) is 21.9 Å². The van der Waals surface area contributed by atoms with Gasteiger partial charge in [-0.1, -0.05) is 12.5 Å². The largest absolute Gasteiger partial charge is 0.496 e. The second-order valence-corrected chi connectivity index (χ2v) is 8.80. The van der Waals surface area contributed by atoms with Gasteiger partial charge in [-0.25, -0.2) is 8.42 Å². The van der Waals surface area contributed by atoms with Crippen LogP contribution in [0, 0.1) is 0 Å². The van der Waals surface area contributed by atoms with E-state index in [2.05, 4.69) is 5.32 Å². The van der Waals surface area contributed by atoms with E-state index in [0.717, 1.165) is 31.4 Å². The van der Waals surface area contributed by atoms with E-state index < -0.39 is 27.7 Å². The Bertz CT molecular complexity index is 1030. The van der Waals surface area contributed by atoms with E-state index in [9.17, 15) is 26.4 Å². The van der Waals surface area contributed by atoms with Crippen molar-refractivity contribution < 1.29 is 31.1 Å². The molecule has 1 aliphatic heterocycles. The van der Waals surface area contributed by atoms with Crippen LogP contribution in [0.5, 0.6) is 5.75 Å². The van der Waals surface area contributed by atoms with Crippen LogP contribution in [0.3, 0.4) is 0 Å². The maximum absolute atomic E-state index is 12.9. The lowest BCUT2D eigenvalue weighted by Gasteiger charge is -2.26. The van der Waals surface area contributed by atoms with E-state index in [1.165, 1.54) is 41.7 Å². The molecule has 10 heteroatoms. The zero-order valence-electron chi connectivity index (χ0n) is 16.2. The summed E-state index contributed by atoms with van der Waals surface area (Å²) in [6, 6.07) is 8.08. The number of rotatable bonds is 5. The van der Waals surface area contributed by atoms with E-state index in [0.29, 0.717) is 13.1 Å². The van der Waals surface area contributed by atoms with Crippen LogP contribution in [-0.4, -0.2) is 38.8 Å². The number of piperidine rings is 1. The van der Waals surface area contributed by atoms with Gasteiger partial charge in [0.1, 0.15) is 5.75 Å². The van der Waals surface area contributed by atoms with Crippen LogP contribution in [0.25, 0.3) is 0 Å². The van der Waals surface area contributed by atoms with Crippen molar-refractivity contribution in [3.05, 3.63) is 53.6 Å². The van der Waals surface area contributed by atoms with Crippen LogP contribution in [-0.2, 0) is 16.2 Å². The molecule has 0 aromatic heterocycles. The summed E-state index contributed by atoms with van der Waals surface area (Å²) in [5.74, 6) is -0.668. The topological polar surface area (TPSA) is 75.7 Å². The number of benzene rings is 2. The Morgan fingerprint density at radius 3 is 2.40 bits per heavy atom. The lowest BCUT2D eigenvalue weighted by atomic mass is 10.1. The highest BCUT2D eigenvalue weighted by molar-refractivity contribution is 7.89. The third-order valence-corrected chi connectivity index (χ3v) is 6.71. The Morgan fingerprint density at radius 1 is 1.07 bits per heavy atom. The highest BCUT2D eigenvalue weighted by atomic mass is 32.2. The predicted octanol–water partition coefficient (Wildman–Crippen LogP) is 4.14. The molecule has 3 rings (SSSR count). The minimum atomic E-state index is -4.55. The molecule has 2 aromatic carbocycles. The smallest absolute Gasteiger partial charge is 0.416 e. The van der Waals surface area contributed by atoms with Gasteiger partial charge in [0.2, 0.25) is 10.0 Å². The average Bonchev–Trinajstić information content (AvgIpc) is 2.73. The fraction of sp³-hybridized carbons (Fsp3) is 0.350. The number of sulfonamides is 1. The Kier molecular flexibility index (Phi) is 6.37. The molecule has 1 heterocycles. The summed E-state index contributed by atoms with van der Waals surface area (Å²) in [5.41, 5.74) is -1.07. The van der Waals surface area contributed by atoms with Gasteiger partial charge in [-0.2, -0.15) is 17.5 Å². The number of nitrogens with one attached hydrogen (secondary N) is 1. The van der Waals surface area contributed by atoms with Crippen molar-refractivity contribution in [1.29, 1.82) is 0 Å². The van der Waals surface area contributed by atoms with Crippen LogP contribution in [0.4, 0.5) is 18.9 Å². The zero-order valence-corrected chi connectivity index (χ0v) is 17.0. The molecule has 30 heavy (non-hydrogen) atoms. The quantitative estimate of drug-likeness (QED) is 0.755. The van der Waals surface area contributed by atoms with E-state index in [4.69, 9.17) is 4.74 Å². The van der Waals surface area contributed by atoms with Gasteiger partial charge in [0.25, 0.3) is 5.91 Å². The summed E-state index contributed by atoms with van der Waals surface area (Å²) in [6.45, 7) is 0.806. The second-order valence-electron chi connectivity index (χ2n) is 6.86. The molecule has 1 saturated heterocycles. The number of hydrogen-bond acceptors (Lipinski definition) is 4. The Hall–Kier alpha value is -2.59. The van der Waals surface area contributed by atoms with E-state index >= 15 is 0 Å². The Labute approximate surface area is 172 Å². The van der Waals surface area contributed by atoms with Gasteiger partial charge in [0.15, 0.2) is 0 Å². The van der Waals surface area contributed by atoms with Gasteiger partial charge in [0, 0.05) is 18.8 Å². The molecule has 0 spiro atoms. The van der Waals surface area contributed by atoms with Gasteiger partial charge in [0.05, 0.1) is 23.1 Å². The van der Waals surface area contributed by atoms with Crippen molar-refractivity contribution in [1.82, 2.24) is 4.31 Å². The van der Waals surface area contributed by atoms with Crippen LogP contribution in [0.15, 0.2) is 47.4 Å². The highest BCUT2D eigenvalue weighted by Crippen LogP contribution is 2.31. The predicted molar refractivity (Wildman–Crippen MR) is 105 cm³/mol. The van der Waals surface area contributed by atoms with E-state index in [1.807, 2.05) is 0 Å². The number of nitrogens with zero attached hydrogens (tertiary/aromatic N) is 1. The van der Waals surface area contributed by atoms with Crippen LogP contribution in [0.2, 0.25) is 0 Å². The van der Waals surface area contributed by atoms with Crippen molar-refractivity contribution in [2.45, 2.75) is 30.3 Å². The SMILES string of the molecule is COc1ccc(S(=O)(=O)N2CCCCC2)cc1C(=O)Nc1cccc(C(F)(F)F)c1. The molecule has 0 bridgehead atoms. The number of amides is 1. The molecule has 0 radical (unpaired) electrons. The first-order valence-electron chi connectivity index (χ1n) is 9.30. The Morgan fingerprint density at radius 2 is 1.77 bits per heavy atom. The summed E-state index contributed by atoms with van der Waals surface area (Å²) in [7, 11) is -2.48. The molecule has 1 amide bonds. The summed E-state index contributed by atoms with van der Waals surface area (Å²) in [6.07, 6.45) is -2.07. The van der Waals surface area contributed by atoms with Gasteiger partial charge in [-0.05, 0) is 49.2 Å². The minimum absolute atomic E-state index is 0.0684. The molecule has 1 aliphatic rings. The molecular formula is C20H21F3N2O4S. The molecular weight excluding hydrogens is 421 g/mol. The molecule has 0 unspecified atom stereocenters. The number of alkyl halides is 3. The number of carbonyl (C=O) groups excluding carboxylic acids is 1. The first-order chi connectivity index (χ1) is 14.1. The van der Waals surface area contributed by atoms with Gasteiger partial charge >= 0.3 is 6.18 Å². The summed E-state index contributed by atoms with van der Waals surface area (Å²) in [4.78, 5) is 12.7. The van der Waals surface area contributed by atoms with Gasteiger partial charge in [-0.3, -0.25) is 4.79 Å². The maximum atomic E-state index is 12.9. The third kappa shape index (κ3) is 4.76. The van der Waals surface area contributed by atoms with Crippen LogP contribution in [0.1, 0.15) is 35.2 Å². The molecule has 0 aliphatic carbocycles. The Balaban J connectivity index is 1.91. The fourth-order valence-electron chi connectivity index (χ4n) is 3.25. The molecule has 1 N–H and O–H groups in total. The normalized spacial score (nSPS) is 15.6. The van der Waals surface area contributed by atoms with Gasteiger partial charge < -0.3 is 10.1 Å². The molecule has 162 valence electrons. The van der Waals surface area contributed by atoms with Crippen molar-refractivity contribution >= 4 is 21.6 Å². The first-order valence-corrected chi connectivity index (χ1v) is 10.7. The monoisotopic (exact) mass is 442 g/mol. The molecule has 6 nitrogen and oxygen atoms in total. The summed E-state index contributed by atoms with van der Waals surface area (Å²) >= 11 is 0. The summed E-state index contributed by atoms with van der Waals surface area (Å²) in [5, 5.41) is 2.38. The van der Waals surface area contributed by atoms with E-state index in [1.54, 1.807) is 0 Å². The lowest BCUT2D eigenvalue weighted by Crippen LogP contribution is -2.35. The number of carbonyl (C=O) groups is 1. The molecule has 0 saturated carbocycles. The number of hydrogen-bond donors (Lipinski definition) is 1. The lowest BCUT2D eigenvalue weighted by molar-refractivity contribution is -0.137. The number of methoxy groups -OCH3 is 1. The number of ether oxygens (including phenoxy) is 1. The first kappa shape index (κ1) is 22.1. The third-order valence-electron chi connectivity index (χ3n) is 4.82. The summed E-state index contributed by atoms with van der Waals surface area (Å²) < 4.78 is 71.0. The van der Waals surface area contributed by atoms with Crippen molar-refractivity contribution in [3.8, 4) is 5.75 Å². The maximum Gasteiger partial charge on any atom is 0.416 e. The average molecular weight is 442 g/mol. The fourth-order valence-corrected chi connectivity index (χ4v) is 4.79. The van der Waals surface area contributed by atoms with Crippen molar-refractivity contribution in [2.75, 3.05) is 25.5 Å². The number of halogens is 3. The van der Waals surface area contributed by atoms with Crippen molar-refractivity contribution in [2.24, 2.45) is 0 Å². The van der Waals surface area contributed by atoms with Crippen LogP contribution >= 0.6 is 0 Å².